The van der Waals surface area contributed by atoms with E-state index in [1.807, 2.05) is 24.3 Å². The van der Waals surface area contributed by atoms with E-state index in [0.29, 0.717) is 6.04 Å². The van der Waals surface area contributed by atoms with Gasteiger partial charge in [-0.15, -0.1) is 0 Å². The van der Waals surface area contributed by atoms with Crippen LogP contribution in [0.1, 0.15) is 25.0 Å². The van der Waals surface area contributed by atoms with E-state index in [9.17, 15) is 5.11 Å². The van der Waals surface area contributed by atoms with Crippen LogP contribution in [0.2, 0.25) is 0 Å². The molecule has 1 aromatic carbocycles. The first-order chi connectivity index (χ1) is 5.77. The summed E-state index contributed by atoms with van der Waals surface area (Å²) in [5, 5.41) is 13.0. The Morgan fingerprint density at radius 2 is 2.17 bits per heavy atom. The number of hydrogen-bond acceptors (Lipinski definition) is 2. The maximum Gasteiger partial charge on any atom is 0.0829 e. The van der Waals surface area contributed by atoms with Gasteiger partial charge in [-0.25, -0.2) is 0 Å². The van der Waals surface area contributed by atoms with Crippen LogP contribution in [0.4, 0.5) is 5.69 Å². The normalized spacial score (nSPS) is 27.5. The second-order valence-electron chi connectivity index (χ2n) is 3.38. The fourth-order valence-electron chi connectivity index (χ4n) is 1.71. The number of nitrogens with one attached hydrogen (secondary N) is 1. The molecule has 1 aliphatic rings. The van der Waals surface area contributed by atoms with Gasteiger partial charge in [-0.05, 0) is 19.4 Å². The predicted octanol–water partition coefficient (Wildman–Crippen LogP) is 1.92. The van der Waals surface area contributed by atoms with E-state index < -0.39 is 0 Å². The number of aliphatic hydroxyl groups excluding tert-OH is 1. The summed E-state index contributed by atoms with van der Waals surface area (Å²) >= 11 is 0. The molecule has 0 bridgehead atoms. The average Bonchev–Trinajstić information content (AvgIpc) is 2.04. The lowest BCUT2D eigenvalue weighted by atomic mass is 9.96. The largest absolute Gasteiger partial charge is 0.388 e. The van der Waals surface area contributed by atoms with Crippen LogP contribution >= 0.6 is 0 Å². The molecule has 2 atom stereocenters. The van der Waals surface area contributed by atoms with Crippen molar-refractivity contribution in [3.8, 4) is 0 Å². The number of hydrogen-bond donors (Lipinski definition) is 2. The van der Waals surface area contributed by atoms with Gasteiger partial charge in [0, 0.05) is 17.3 Å². The second-order valence-corrected chi connectivity index (χ2v) is 3.38. The smallest absolute Gasteiger partial charge is 0.0829 e. The van der Waals surface area contributed by atoms with Gasteiger partial charge in [-0.3, -0.25) is 0 Å². The molecule has 0 spiro atoms. The minimum atomic E-state index is -0.294. The Morgan fingerprint density at radius 1 is 1.42 bits per heavy atom. The lowest BCUT2D eigenvalue weighted by Gasteiger charge is -2.27. The van der Waals surface area contributed by atoms with Gasteiger partial charge in [0.2, 0.25) is 0 Å². The molecule has 64 valence electrons. The maximum atomic E-state index is 9.69. The maximum absolute atomic E-state index is 9.69. The molecule has 0 radical (unpaired) electrons. The molecule has 1 aliphatic heterocycles. The first-order valence-electron chi connectivity index (χ1n) is 4.31. The molecule has 2 nitrogen and oxygen atoms in total. The zero-order valence-corrected chi connectivity index (χ0v) is 7.12. The van der Waals surface area contributed by atoms with Gasteiger partial charge in [0.15, 0.2) is 0 Å². The van der Waals surface area contributed by atoms with Crippen molar-refractivity contribution in [1.82, 2.24) is 0 Å². The number of para-hydroxylation sites is 1. The SMILES string of the molecule is C[C@@H]1C[C@@H](O)c2ccccc2N1. The molecule has 0 fully saturated rings. The van der Waals surface area contributed by atoms with Crippen molar-refractivity contribution >= 4 is 5.69 Å². The quantitative estimate of drug-likeness (QED) is 0.612. The van der Waals surface area contributed by atoms with Gasteiger partial charge >= 0.3 is 0 Å². The van der Waals surface area contributed by atoms with E-state index >= 15 is 0 Å². The molecule has 0 unspecified atom stereocenters. The molecule has 2 rings (SSSR count). The lowest BCUT2D eigenvalue weighted by molar-refractivity contribution is 0.158. The van der Waals surface area contributed by atoms with Crippen molar-refractivity contribution in [3.05, 3.63) is 29.8 Å². The van der Waals surface area contributed by atoms with Gasteiger partial charge < -0.3 is 10.4 Å². The van der Waals surface area contributed by atoms with Crippen molar-refractivity contribution < 1.29 is 5.11 Å². The summed E-state index contributed by atoms with van der Waals surface area (Å²) in [5.41, 5.74) is 2.10. The van der Waals surface area contributed by atoms with Crippen molar-refractivity contribution in [2.75, 3.05) is 5.32 Å². The van der Waals surface area contributed by atoms with E-state index in [0.717, 1.165) is 17.7 Å². The highest BCUT2D eigenvalue weighted by Crippen LogP contribution is 2.31. The monoisotopic (exact) mass is 163 g/mol. The van der Waals surface area contributed by atoms with E-state index in [1.54, 1.807) is 0 Å². The van der Waals surface area contributed by atoms with Crippen LogP contribution in [0.25, 0.3) is 0 Å². The van der Waals surface area contributed by atoms with Gasteiger partial charge in [0.1, 0.15) is 0 Å². The molecule has 0 aromatic heterocycles. The Bertz CT molecular complexity index is 285. The number of benzene rings is 1. The number of rotatable bonds is 0. The minimum absolute atomic E-state index is 0.294. The molecule has 2 N–H and O–H groups in total. The molecule has 12 heavy (non-hydrogen) atoms. The van der Waals surface area contributed by atoms with Crippen LogP contribution in [0.15, 0.2) is 24.3 Å². The van der Waals surface area contributed by atoms with Crippen LogP contribution in [-0.4, -0.2) is 11.1 Å². The van der Waals surface area contributed by atoms with Crippen molar-refractivity contribution in [3.63, 3.8) is 0 Å². The molecular formula is C10H13NO. The molecule has 0 amide bonds. The summed E-state index contributed by atoms with van der Waals surface area (Å²) in [7, 11) is 0. The molecule has 0 aliphatic carbocycles. The molecule has 1 aromatic rings. The highest BCUT2D eigenvalue weighted by atomic mass is 16.3. The first kappa shape index (κ1) is 7.62. The molecule has 0 saturated carbocycles. The van der Waals surface area contributed by atoms with E-state index in [1.165, 1.54) is 0 Å². The Balaban J connectivity index is 2.40. The highest BCUT2D eigenvalue weighted by Gasteiger charge is 2.20. The molecule has 2 heteroatoms. The summed E-state index contributed by atoms with van der Waals surface area (Å²) < 4.78 is 0. The Kier molecular flexibility index (Phi) is 1.77. The summed E-state index contributed by atoms with van der Waals surface area (Å²) in [6.45, 7) is 2.08. The van der Waals surface area contributed by atoms with E-state index in [4.69, 9.17) is 0 Å². The van der Waals surface area contributed by atoms with Gasteiger partial charge in [0.05, 0.1) is 6.10 Å². The Morgan fingerprint density at radius 3 is 3.00 bits per heavy atom. The van der Waals surface area contributed by atoms with E-state index in [-0.39, 0.29) is 6.10 Å². The fraction of sp³-hybridized carbons (Fsp3) is 0.400. The Hall–Kier alpha value is -1.02. The Labute approximate surface area is 72.2 Å². The third-order valence-electron chi connectivity index (χ3n) is 2.30. The standard InChI is InChI=1S/C10H13NO/c1-7-6-10(12)8-4-2-3-5-9(8)11-7/h2-5,7,10-12H,6H2,1H3/t7-,10-/m1/s1. The lowest BCUT2D eigenvalue weighted by Crippen LogP contribution is -2.24. The number of anilines is 1. The number of fused-ring (bicyclic) bond motifs is 1. The van der Waals surface area contributed by atoms with Crippen molar-refractivity contribution in [2.45, 2.75) is 25.5 Å². The summed E-state index contributed by atoms with van der Waals surface area (Å²) in [6, 6.07) is 8.29. The zero-order chi connectivity index (χ0) is 8.55. The summed E-state index contributed by atoms with van der Waals surface area (Å²) in [4.78, 5) is 0. The first-order valence-corrected chi connectivity index (χ1v) is 4.31. The van der Waals surface area contributed by atoms with Crippen molar-refractivity contribution in [1.29, 1.82) is 0 Å². The van der Waals surface area contributed by atoms with Crippen LogP contribution in [0.5, 0.6) is 0 Å². The molecule has 0 saturated heterocycles. The second kappa shape index (κ2) is 2.79. The summed E-state index contributed by atoms with van der Waals surface area (Å²) in [6.07, 6.45) is 0.509. The number of aliphatic hydroxyl groups is 1. The molecule has 1 heterocycles. The van der Waals surface area contributed by atoms with E-state index in [2.05, 4.69) is 12.2 Å². The van der Waals surface area contributed by atoms with Crippen LogP contribution in [0, 0.1) is 0 Å². The third-order valence-corrected chi connectivity index (χ3v) is 2.30. The van der Waals surface area contributed by atoms with Crippen LogP contribution in [-0.2, 0) is 0 Å². The topological polar surface area (TPSA) is 32.3 Å². The summed E-state index contributed by atoms with van der Waals surface area (Å²) in [5.74, 6) is 0. The van der Waals surface area contributed by atoms with Gasteiger partial charge in [-0.2, -0.15) is 0 Å². The van der Waals surface area contributed by atoms with Crippen LogP contribution < -0.4 is 5.32 Å². The molecular weight excluding hydrogens is 150 g/mol. The predicted molar refractivity (Wildman–Crippen MR) is 49.1 cm³/mol. The van der Waals surface area contributed by atoms with Crippen molar-refractivity contribution in [2.24, 2.45) is 0 Å². The van der Waals surface area contributed by atoms with Gasteiger partial charge in [0.25, 0.3) is 0 Å². The third kappa shape index (κ3) is 1.18. The highest BCUT2D eigenvalue weighted by molar-refractivity contribution is 5.54. The minimum Gasteiger partial charge on any atom is -0.388 e. The van der Waals surface area contributed by atoms with Crippen LogP contribution in [0.3, 0.4) is 0 Å². The van der Waals surface area contributed by atoms with Gasteiger partial charge in [-0.1, -0.05) is 18.2 Å². The fourth-order valence-corrected chi connectivity index (χ4v) is 1.71. The average molecular weight is 163 g/mol. The zero-order valence-electron chi connectivity index (χ0n) is 7.12.